The van der Waals surface area contributed by atoms with Gasteiger partial charge in [0.05, 0.1) is 11.8 Å². The van der Waals surface area contributed by atoms with Crippen LogP contribution in [-0.2, 0) is 0 Å². The zero-order chi connectivity index (χ0) is 13.1. The Hall–Kier alpha value is -2.05. The molecule has 1 atom stereocenters. The van der Waals surface area contributed by atoms with Crippen molar-refractivity contribution in [3.8, 4) is 0 Å². The topological polar surface area (TPSA) is 111 Å². The molecule has 0 radical (unpaired) electrons. The minimum Gasteiger partial charge on any atom is -0.384 e. The first kappa shape index (κ1) is 12.4. The van der Waals surface area contributed by atoms with Crippen molar-refractivity contribution in [2.24, 2.45) is 11.7 Å². The molecule has 0 spiro atoms. The molecule has 98 valence electrons. The zero-order valence-corrected chi connectivity index (χ0v) is 10.4. The van der Waals surface area contributed by atoms with Crippen LogP contribution in [0.1, 0.15) is 25.3 Å². The lowest BCUT2D eigenvalue weighted by molar-refractivity contribution is 0.182. The summed E-state index contributed by atoms with van der Waals surface area (Å²) in [5.74, 6) is 0.787. The van der Waals surface area contributed by atoms with E-state index >= 15 is 0 Å². The van der Waals surface area contributed by atoms with Gasteiger partial charge in [-0.3, -0.25) is 15.8 Å². The Labute approximate surface area is 105 Å². The van der Waals surface area contributed by atoms with Crippen LogP contribution >= 0.6 is 0 Å². The molecule has 1 fully saturated rings. The molecule has 1 aliphatic rings. The third-order valence-electron chi connectivity index (χ3n) is 3.11. The van der Waals surface area contributed by atoms with Crippen LogP contribution in [0.15, 0.2) is 6.20 Å². The number of H-pyrrole nitrogens is 1. The Balaban J connectivity index is 2.02. The summed E-state index contributed by atoms with van der Waals surface area (Å²) in [5, 5.41) is 16.5. The molecule has 0 saturated carbocycles. The highest BCUT2D eigenvalue weighted by atomic mass is 16.2. The van der Waals surface area contributed by atoms with Gasteiger partial charge in [0.25, 0.3) is 0 Å². The number of likely N-dealkylation sites (tertiary alicyclic amines) is 1. The van der Waals surface area contributed by atoms with Gasteiger partial charge >= 0.3 is 6.03 Å². The molecule has 2 amide bonds. The number of nitrogen functional groups attached to an aromatic ring is 1. The number of carbonyl (C=O) groups excluding carboxylic acids is 1. The van der Waals surface area contributed by atoms with Crippen LogP contribution in [0.4, 0.5) is 10.6 Å². The van der Waals surface area contributed by atoms with Crippen LogP contribution in [0.2, 0.25) is 0 Å². The predicted octanol–water partition coefficient (Wildman–Crippen LogP) is 0.958. The van der Waals surface area contributed by atoms with Gasteiger partial charge in [0.2, 0.25) is 0 Å². The monoisotopic (exact) mass is 250 g/mol. The lowest BCUT2D eigenvalue weighted by atomic mass is 10.0. The number of rotatable bonds is 2. The van der Waals surface area contributed by atoms with E-state index in [1.165, 1.54) is 6.20 Å². The lowest BCUT2D eigenvalue weighted by Gasteiger charge is -2.30. The normalized spacial score (nSPS) is 19.6. The fourth-order valence-corrected chi connectivity index (χ4v) is 2.15. The smallest absolute Gasteiger partial charge is 0.323 e. The summed E-state index contributed by atoms with van der Waals surface area (Å²) in [5.41, 5.74) is 5.80. The SMILES string of the molecule is CC1CCCN(C(=O)Nc2[nH]ncc2C(=N)N)C1. The molecule has 5 N–H and O–H groups in total. The standard InChI is InChI=1S/C11H18N6O/c1-7-3-2-4-17(6-7)11(18)15-10-8(9(12)13)5-14-16-10/h5,7H,2-4,6H2,1H3,(H3,12,13)(H2,14,15,16,18). The van der Waals surface area contributed by atoms with Crippen molar-refractivity contribution in [3.63, 3.8) is 0 Å². The zero-order valence-electron chi connectivity index (χ0n) is 10.4. The van der Waals surface area contributed by atoms with E-state index in [0.717, 1.165) is 25.9 Å². The Morgan fingerprint density at radius 3 is 3.17 bits per heavy atom. The fourth-order valence-electron chi connectivity index (χ4n) is 2.15. The van der Waals surface area contributed by atoms with Crippen LogP contribution in [0, 0.1) is 11.3 Å². The molecule has 7 nitrogen and oxygen atoms in total. The molecule has 1 aliphatic heterocycles. The van der Waals surface area contributed by atoms with Crippen LogP contribution in [0.25, 0.3) is 0 Å². The van der Waals surface area contributed by atoms with Crippen LogP contribution in [-0.4, -0.2) is 40.1 Å². The van der Waals surface area contributed by atoms with Gasteiger partial charge in [-0.15, -0.1) is 0 Å². The van der Waals surface area contributed by atoms with E-state index in [1.807, 2.05) is 0 Å². The second kappa shape index (κ2) is 5.07. The minimum absolute atomic E-state index is 0.119. The van der Waals surface area contributed by atoms with Gasteiger partial charge in [-0.25, -0.2) is 4.79 Å². The second-order valence-electron chi connectivity index (χ2n) is 4.70. The van der Waals surface area contributed by atoms with Gasteiger partial charge in [-0.1, -0.05) is 6.92 Å². The van der Waals surface area contributed by atoms with E-state index in [1.54, 1.807) is 4.90 Å². The molecule has 0 aromatic carbocycles. The number of hydrogen-bond donors (Lipinski definition) is 4. The van der Waals surface area contributed by atoms with Gasteiger partial charge in [0.15, 0.2) is 0 Å². The number of nitrogens with two attached hydrogens (primary N) is 1. The molecule has 1 saturated heterocycles. The predicted molar refractivity (Wildman–Crippen MR) is 68.6 cm³/mol. The number of urea groups is 1. The first-order chi connectivity index (χ1) is 8.58. The van der Waals surface area contributed by atoms with Crippen LogP contribution in [0.5, 0.6) is 0 Å². The van der Waals surface area contributed by atoms with E-state index in [9.17, 15) is 4.79 Å². The van der Waals surface area contributed by atoms with Crippen molar-refractivity contribution in [3.05, 3.63) is 11.8 Å². The number of hydrogen-bond acceptors (Lipinski definition) is 3. The largest absolute Gasteiger partial charge is 0.384 e. The molecule has 2 heterocycles. The number of aromatic amines is 1. The quantitative estimate of drug-likeness (QED) is 0.463. The van der Waals surface area contributed by atoms with Crippen molar-refractivity contribution in [2.45, 2.75) is 19.8 Å². The summed E-state index contributed by atoms with van der Waals surface area (Å²) in [6, 6.07) is -0.173. The summed E-state index contributed by atoms with van der Waals surface area (Å²) < 4.78 is 0. The lowest BCUT2D eigenvalue weighted by Crippen LogP contribution is -2.41. The summed E-state index contributed by atoms with van der Waals surface area (Å²) in [6.07, 6.45) is 3.61. The number of anilines is 1. The second-order valence-corrected chi connectivity index (χ2v) is 4.70. The van der Waals surface area contributed by atoms with Crippen molar-refractivity contribution in [2.75, 3.05) is 18.4 Å². The summed E-state index contributed by atoms with van der Waals surface area (Å²) in [7, 11) is 0. The Bertz CT molecular complexity index is 454. The molecule has 7 heteroatoms. The maximum atomic E-state index is 12.0. The minimum atomic E-state index is -0.173. The molecule has 1 unspecified atom stereocenters. The average Bonchev–Trinajstić information content (AvgIpc) is 2.77. The van der Waals surface area contributed by atoms with E-state index in [0.29, 0.717) is 17.3 Å². The van der Waals surface area contributed by atoms with Crippen molar-refractivity contribution >= 4 is 17.7 Å². The number of aromatic nitrogens is 2. The number of amides is 2. The van der Waals surface area contributed by atoms with Crippen molar-refractivity contribution < 1.29 is 4.79 Å². The highest BCUT2D eigenvalue weighted by molar-refractivity contribution is 6.02. The Morgan fingerprint density at radius 2 is 2.50 bits per heavy atom. The molecule has 0 aliphatic carbocycles. The Morgan fingerprint density at radius 1 is 1.72 bits per heavy atom. The highest BCUT2D eigenvalue weighted by Crippen LogP contribution is 2.17. The van der Waals surface area contributed by atoms with E-state index in [-0.39, 0.29) is 11.9 Å². The molecular weight excluding hydrogens is 232 g/mol. The number of nitrogens with zero attached hydrogens (tertiary/aromatic N) is 2. The molecule has 0 bridgehead atoms. The van der Waals surface area contributed by atoms with Crippen LogP contribution in [0.3, 0.4) is 0 Å². The molecular formula is C11H18N6O. The molecule has 2 rings (SSSR count). The Kier molecular flexibility index (Phi) is 3.50. The molecule has 1 aromatic rings. The van der Waals surface area contributed by atoms with Gasteiger partial charge in [0.1, 0.15) is 11.7 Å². The first-order valence-electron chi connectivity index (χ1n) is 6.01. The average molecular weight is 250 g/mol. The van der Waals surface area contributed by atoms with E-state index in [4.69, 9.17) is 11.1 Å². The maximum Gasteiger partial charge on any atom is 0.323 e. The molecule has 1 aromatic heterocycles. The van der Waals surface area contributed by atoms with Crippen molar-refractivity contribution in [1.29, 1.82) is 5.41 Å². The summed E-state index contributed by atoms with van der Waals surface area (Å²) >= 11 is 0. The third kappa shape index (κ3) is 2.61. The summed E-state index contributed by atoms with van der Waals surface area (Å²) in [6.45, 7) is 3.66. The van der Waals surface area contributed by atoms with Crippen LogP contribution < -0.4 is 11.1 Å². The van der Waals surface area contributed by atoms with E-state index < -0.39 is 0 Å². The number of nitrogens with one attached hydrogen (secondary N) is 3. The highest BCUT2D eigenvalue weighted by Gasteiger charge is 2.22. The molecule has 18 heavy (non-hydrogen) atoms. The maximum absolute atomic E-state index is 12.0. The fraction of sp³-hybridized carbons (Fsp3) is 0.545. The number of piperidine rings is 1. The number of carbonyl (C=O) groups is 1. The van der Waals surface area contributed by atoms with Crippen molar-refractivity contribution in [1.82, 2.24) is 15.1 Å². The first-order valence-corrected chi connectivity index (χ1v) is 6.01. The van der Waals surface area contributed by atoms with Gasteiger partial charge in [-0.05, 0) is 18.8 Å². The van der Waals surface area contributed by atoms with Gasteiger partial charge < -0.3 is 10.6 Å². The van der Waals surface area contributed by atoms with Gasteiger partial charge in [-0.2, -0.15) is 5.10 Å². The third-order valence-corrected chi connectivity index (χ3v) is 3.11. The number of amidine groups is 1. The van der Waals surface area contributed by atoms with Gasteiger partial charge in [0, 0.05) is 13.1 Å². The van der Waals surface area contributed by atoms with E-state index in [2.05, 4.69) is 22.4 Å². The summed E-state index contributed by atoms with van der Waals surface area (Å²) in [4.78, 5) is 13.8.